The quantitative estimate of drug-likeness (QED) is 0.898. The minimum absolute atomic E-state index is 0.304. The molecule has 1 aromatic carbocycles. The summed E-state index contributed by atoms with van der Waals surface area (Å²) in [5.41, 5.74) is 2.32. The number of ether oxygens (including phenoxy) is 1. The molecule has 1 fully saturated rings. The van der Waals surface area contributed by atoms with E-state index in [-0.39, 0.29) is 0 Å². The number of hydrogen-bond acceptors (Lipinski definition) is 3. The number of carboxylic acids is 1. The fourth-order valence-electron chi connectivity index (χ4n) is 2.54. The highest BCUT2D eigenvalue weighted by atomic mass is 16.5. The second kappa shape index (κ2) is 4.97. The summed E-state index contributed by atoms with van der Waals surface area (Å²) >= 11 is 0. The summed E-state index contributed by atoms with van der Waals surface area (Å²) in [7, 11) is 0. The monoisotopic (exact) mass is 257 g/mol. The lowest BCUT2D eigenvalue weighted by Crippen LogP contribution is -2.14. The van der Waals surface area contributed by atoms with Gasteiger partial charge in [0.15, 0.2) is 0 Å². The number of fused-ring (bicyclic) bond motifs is 1. The molecule has 2 heterocycles. The fraction of sp³-hybridized carbons (Fsp3) is 0.333. The molecule has 4 heteroatoms. The van der Waals surface area contributed by atoms with Crippen molar-refractivity contribution in [3.8, 4) is 0 Å². The van der Waals surface area contributed by atoms with E-state index >= 15 is 0 Å². The number of benzene rings is 1. The maximum absolute atomic E-state index is 11.0. The predicted molar refractivity (Wildman–Crippen MR) is 71.5 cm³/mol. The van der Waals surface area contributed by atoms with Gasteiger partial charge in [-0.2, -0.15) is 0 Å². The van der Waals surface area contributed by atoms with E-state index in [0.717, 1.165) is 37.0 Å². The van der Waals surface area contributed by atoms with Gasteiger partial charge < -0.3 is 9.84 Å². The zero-order valence-corrected chi connectivity index (χ0v) is 10.5. The van der Waals surface area contributed by atoms with Gasteiger partial charge in [0.1, 0.15) is 0 Å². The van der Waals surface area contributed by atoms with E-state index in [1.165, 1.54) is 5.56 Å². The average Bonchev–Trinajstić information content (AvgIpc) is 2.47. The van der Waals surface area contributed by atoms with Crippen molar-refractivity contribution >= 4 is 16.9 Å². The van der Waals surface area contributed by atoms with Crippen molar-refractivity contribution in [2.24, 2.45) is 0 Å². The Morgan fingerprint density at radius 2 is 2.05 bits per heavy atom. The summed E-state index contributed by atoms with van der Waals surface area (Å²) < 4.78 is 5.36. The maximum atomic E-state index is 11.0. The van der Waals surface area contributed by atoms with Gasteiger partial charge in [0.25, 0.3) is 0 Å². The van der Waals surface area contributed by atoms with Crippen LogP contribution in [-0.2, 0) is 4.74 Å². The maximum Gasteiger partial charge on any atom is 0.335 e. The van der Waals surface area contributed by atoms with Gasteiger partial charge in [-0.3, -0.25) is 4.98 Å². The van der Waals surface area contributed by atoms with Crippen molar-refractivity contribution in [2.45, 2.75) is 18.8 Å². The zero-order chi connectivity index (χ0) is 13.2. The van der Waals surface area contributed by atoms with Crippen LogP contribution in [-0.4, -0.2) is 29.3 Å². The van der Waals surface area contributed by atoms with Crippen molar-refractivity contribution in [2.75, 3.05) is 13.2 Å². The molecule has 19 heavy (non-hydrogen) atoms. The SMILES string of the molecule is O=C(O)c1ccc2ncc(C3CCOCC3)cc2c1. The van der Waals surface area contributed by atoms with Gasteiger partial charge in [-0.15, -0.1) is 0 Å². The molecule has 0 aliphatic carbocycles. The lowest BCUT2D eigenvalue weighted by Gasteiger charge is -2.22. The smallest absolute Gasteiger partial charge is 0.335 e. The number of carboxylic acid groups (broad SMARTS) is 1. The van der Waals surface area contributed by atoms with Gasteiger partial charge in [0, 0.05) is 24.8 Å². The molecule has 1 saturated heterocycles. The number of rotatable bonds is 2. The van der Waals surface area contributed by atoms with E-state index in [1.54, 1.807) is 18.2 Å². The highest BCUT2D eigenvalue weighted by molar-refractivity contribution is 5.93. The molecule has 1 aliphatic rings. The lowest BCUT2D eigenvalue weighted by atomic mass is 9.92. The molecule has 3 rings (SSSR count). The van der Waals surface area contributed by atoms with Crippen LogP contribution < -0.4 is 0 Å². The van der Waals surface area contributed by atoms with Crippen molar-refractivity contribution in [3.63, 3.8) is 0 Å². The molecular weight excluding hydrogens is 242 g/mol. The first kappa shape index (κ1) is 12.1. The Hall–Kier alpha value is -1.94. The highest BCUT2D eigenvalue weighted by Crippen LogP contribution is 2.28. The molecule has 0 atom stereocenters. The number of nitrogens with zero attached hydrogens (tertiary/aromatic N) is 1. The van der Waals surface area contributed by atoms with E-state index in [1.807, 2.05) is 6.20 Å². The lowest BCUT2D eigenvalue weighted by molar-refractivity contribution is 0.0697. The Balaban J connectivity index is 2.00. The van der Waals surface area contributed by atoms with Crippen molar-refractivity contribution in [1.29, 1.82) is 0 Å². The fourth-order valence-corrected chi connectivity index (χ4v) is 2.54. The second-order valence-electron chi connectivity index (χ2n) is 4.87. The Labute approximate surface area is 111 Å². The van der Waals surface area contributed by atoms with E-state index in [4.69, 9.17) is 9.84 Å². The van der Waals surface area contributed by atoms with Gasteiger partial charge in [0.05, 0.1) is 11.1 Å². The molecule has 2 aromatic rings. The van der Waals surface area contributed by atoms with Crippen LogP contribution in [0.2, 0.25) is 0 Å². The summed E-state index contributed by atoms with van der Waals surface area (Å²) in [6.07, 6.45) is 3.91. The third-order valence-corrected chi connectivity index (χ3v) is 3.64. The Bertz CT molecular complexity index is 618. The van der Waals surface area contributed by atoms with Crippen molar-refractivity contribution < 1.29 is 14.6 Å². The minimum Gasteiger partial charge on any atom is -0.478 e. The minimum atomic E-state index is -0.904. The van der Waals surface area contributed by atoms with Gasteiger partial charge in [-0.25, -0.2) is 4.79 Å². The van der Waals surface area contributed by atoms with Crippen LogP contribution in [0.25, 0.3) is 10.9 Å². The molecular formula is C15H15NO3. The normalized spacial score (nSPS) is 16.6. The molecule has 0 saturated carbocycles. The average molecular weight is 257 g/mol. The molecule has 1 aromatic heterocycles. The van der Waals surface area contributed by atoms with Crippen molar-refractivity contribution in [3.05, 3.63) is 41.6 Å². The standard InChI is InChI=1S/C15H15NO3/c17-15(18)11-1-2-14-12(7-11)8-13(9-16-14)10-3-5-19-6-4-10/h1-2,7-10H,3-6H2,(H,17,18). The van der Waals surface area contributed by atoms with Gasteiger partial charge in [0.2, 0.25) is 0 Å². The molecule has 1 aliphatic heterocycles. The van der Waals surface area contributed by atoms with Crippen LogP contribution in [0.5, 0.6) is 0 Å². The number of aromatic nitrogens is 1. The summed E-state index contributed by atoms with van der Waals surface area (Å²) in [5.74, 6) is -0.433. The van der Waals surface area contributed by atoms with Gasteiger partial charge in [-0.1, -0.05) is 0 Å². The largest absolute Gasteiger partial charge is 0.478 e. The number of carbonyl (C=O) groups is 1. The second-order valence-corrected chi connectivity index (χ2v) is 4.87. The Morgan fingerprint density at radius 3 is 2.79 bits per heavy atom. The molecule has 1 N–H and O–H groups in total. The Morgan fingerprint density at radius 1 is 1.26 bits per heavy atom. The summed E-state index contributed by atoms with van der Waals surface area (Å²) in [5, 5.41) is 9.92. The van der Waals surface area contributed by atoms with Crippen LogP contribution in [0.4, 0.5) is 0 Å². The topological polar surface area (TPSA) is 59.4 Å². The third-order valence-electron chi connectivity index (χ3n) is 3.64. The van der Waals surface area contributed by atoms with Crippen LogP contribution in [0.1, 0.15) is 34.7 Å². The summed E-state index contributed by atoms with van der Waals surface area (Å²) in [6.45, 7) is 1.58. The van der Waals surface area contributed by atoms with Crippen LogP contribution in [0.15, 0.2) is 30.5 Å². The first-order valence-corrected chi connectivity index (χ1v) is 6.45. The van der Waals surface area contributed by atoms with Crippen LogP contribution in [0.3, 0.4) is 0 Å². The molecule has 98 valence electrons. The zero-order valence-electron chi connectivity index (χ0n) is 10.5. The number of hydrogen-bond donors (Lipinski definition) is 1. The number of aromatic carboxylic acids is 1. The molecule has 0 amide bonds. The molecule has 4 nitrogen and oxygen atoms in total. The summed E-state index contributed by atoms with van der Waals surface area (Å²) in [6, 6.07) is 7.09. The van der Waals surface area contributed by atoms with E-state index in [0.29, 0.717) is 11.5 Å². The van der Waals surface area contributed by atoms with E-state index in [2.05, 4.69) is 11.1 Å². The van der Waals surface area contributed by atoms with E-state index < -0.39 is 5.97 Å². The molecule has 0 unspecified atom stereocenters. The van der Waals surface area contributed by atoms with Crippen molar-refractivity contribution in [1.82, 2.24) is 4.98 Å². The Kier molecular flexibility index (Phi) is 3.17. The number of pyridine rings is 1. The van der Waals surface area contributed by atoms with Crippen LogP contribution in [0, 0.1) is 0 Å². The molecule has 0 radical (unpaired) electrons. The third kappa shape index (κ3) is 2.44. The van der Waals surface area contributed by atoms with Crippen LogP contribution >= 0.6 is 0 Å². The summed E-state index contributed by atoms with van der Waals surface area (Å²) in [4.78, 5) is 15.4. The molecule has 0 spiro atoms. The first-order chi connectivity index (χ1) is 9.24. The highest BCUT2D eigenvalue weighted by Gasteiger charge is 2.16. The van der Waals surface area contributed by atoms with Gasteiger partial charge in [-0.05, 0) is 48.6 Å². The first-order valence-electron chi connectivity index (χ1n) is 6.45. The van der Waals surface area contributed by atoms with E-state index in [9.17, 15) is 4.79 Å². The van der Waals surface area contributed by atoms with Gasteiger partial charge >= 0.3 is 5.97 Å². The molecule has 0 bridgehead atoms. The predicted octanol–water partition coefficient (Wildman–Crippen LogP) is 2.83.